The van der Waals surface area contributed by atoms with E-state index in [1.165, 1.54) is 4.88 Å². The van der Waals surface area contributed by atoms with Crippen molar-refractivity contribution >= 4 is 47.0 Å². The maximum Gasteiger partial charge on any atom is 0.193 e. The van der Waals surface area contributed by atoms with Crippen LogP contribution in [0.5, 0.6) is 0 Å². The number of anilines is 1. The fourth-order valence-corrected chi connectivity index (χ4v) is 2.41. The molecule has 19 heavy (non-hydrogen) atoms. The fourth-order valence-electron chi connectivity index (χ4n) is 1.59. The molecule has 0 amide bonds. The number of hydrogen-bond acceptors (Lipinski definition) is 3. The monoisotopic (exact) mass is 388 g/mol. The van der Waals surface area contributed by atoms with Crippen LogP contribution in [0.25, 0.3) is 0 Å². The summed E-state index contributed by atoms with van der Waals surface area (Å²) in [5.41, 5.74) is 7.76. The van der Waals surface area contributed by atoms with Gasteiger partial charge in [0.1, 0.15) is 0 Å². The van der Waals surface area contributed by atoms with E-state index >= 15 is 0 Å². The van der Waals surface area contributed by atoms with Gasteiger partial charge in [0.25, 0.3) is 0 Å². The lowest BCUT2D eigenvalue weighted by atomic mass is 10.3. The lowest BCUT2D eigenvalue weighted by molar-refractivity contribution is 0.980. The van der Waals surface area contributed by atoms with Gasteiger partial charge in [-0.15, -0.1) is 35.3 Å². The summed E-state index contributed by atoms with van der Waals surface area (Å²) in [6.07, 6.45) is 0. The van der Waals surface area contributed by atoms with E-state index in [4.69, 9.17) is 5.73 Å². The molecule has 0 saturated carbocycles. The summed E-state index contributed by atoms with van der Waals surface area (Å²) >= 11 is 1.68. The minimum Gasteiger partial charge on any atom is -0.370 e. The van der Waals surface area contributed by atoms with Crippen LogP contribution in [-0.4, -0.2) is 10.9 Å². The van der Waals surface area contributed by atoms with Gasteiger partial charge in [-0.1, -0.05) is 18.2 Å². The number of halogens is 1. The van der Waals surface area contributed by atoms with E-state index in [-0.39, 0.29) is 24.0 Å². The Kier molecular flexibility index (Phi) is 6.23. The molecule has 3 N–H and O–H groups in total. The van der Waals surface area contributed by atoms with Crippen molar-refractivity contribution in [3.8, 4) is 0 Å². The number of aryl methyl sites for hydroxylation is 2. The third-order valence-electron chi connectivity index (χ3n) is 2.44. The molecule has 1 heterocycles. The highest BCUT2D eigenvalue weighted by Crippen LogP contribution is 2.17. The Morgan fingerprint density at radius 3 is 2.58 bits per heavy atom. The molecule has 0 fully saturated rings. The second kappa shape index (κ2) is 7.44. The van der Waals surface area contributed by atoms with Gasteiger partial charge in [-0.2, -0.15) is 0 Å². The summed E-state index contributed by atoms with van der Waals surface area (Å²) in [6, 6.07) is 9.74. The topological polar surface area (TPSA) is 63.3 Å². The van der Waals surface area contributed by atoms with E-state index in [9.17, 15) is 0 Å². The van der Waals surface area contributed by atoms with Crippen LogP contribution in [0.2, 0.25) is 0 Å². The van der Waals surface area contributed by atoms with Crippen molar-refractivity contribution in [3.63, 3.8) is 0 Å². The molecule has 2 aromatic rings. The molecule has 0 saturated heterocycles. The number of para-hydroxylation sites is 1. The fraction of sp³-hybridized carbons (Fsp3) is 0.231. The number of guanidine groups is 1. The zero-order valence-electron chi connectivity index (χ0n) is 10.9. The Hall–Kier alpha value is -1.15. The van der Waals surface area contributed by atoms with Crippen LogP contribution >= 0.6 is 35.3 Å². The van der Waals surface area contributed by atoms with Crippen LogP contribution in [0.1, 0.15) is 15.6 Å². The normalized spacial score (nSPS) is 10.9. The van der Waals surface area contributed by atoms with Gasteiger partial charge in [0.05, 0.1) is 17.2 Å². The first-order chi connectivity index (χ1) is 8.65. The van der Waals surface area contributed by atoms with Crippen LogP contribution in [0.4, 0.5) is 5.69 Å². The summed E-state index contributed by atoms with van der Waals surface area (Å²) < 4.78 is 0. The van der Waals surface area contributed by atoms with E-state index in [0.29, 0.717) is 12.5 Å². The molecule has 1 aromatic carbocycles. The molecule has 0 aliphatic rings. The first-order valence-corrected chi connectivity index (χ1v) is 6.51. The van der Waals surface area contributed by atoms with Crippen LogP contribution in [0, 0.1) is 13.8 Å². The zero-order valence-corrected chi connectivity index (χ0v) is 14.0. The molecule has 4 nitrogen and oxygen atoms in total. The number of nitrogens with two attached hydrogens (primary N) is 1. The number of hydrogen-bond donors (Lipinski definition) is 2. The summed E-state index contributed by atoms with van der Waals surface area (Å²) in [5.74, 6) is 0.409. The molecule has 0 aliphatic heterocycles. The maximum absolute atomic E-state index is 5.82. The SMILES string of the molecule is Cc1nc(CN=C(N)Nc2ccccc2)c(C)s1.I. The average Bonchev–Trinajstić information content (AvgIpc) is 2.66. The van der Waals surface area contributed by atoms with Gasteiger partial charge in [-0.3, -0.25) is 0 Å². The molecule has 0 aliphatic carbocycles. The van der Waals surface area contributed by atoms with E-state index < -0.39 is 0 Å². The van der Waals surface area contributed by atoms with E-state index in [1.54, 1.807) is 11.3 Å². The lowest BCUT2D eigenvalue weighted by Crippen LogP contribution is -2.22. The van der Waals surface area contributed by atoms with Gasteiger partial charge in [-0.05, 0) is 26.0 Å². The van der Waals surface area contributed by atoms with Crippen molar-refractivity contribution in [1.29, 1.82) is 0 Å². The van der Waals surface area contributed by atoms with Crippen LogP contribution in [0.15, 0.2) is 35.3 Å². The quantitative estimate of drug-likeness (QED) is 0.482. The van der Waals surface area contributed by atoms with Crippen molar-refractivity contribution in [2.24, 2.45) is 10.7 Å². The standard InChI is InChI=1S/C13H16N4S.HI/c1-9-12(16-10(2)18-9)8-15-13(14)17-11-6-4-3-5-7-11;/h3-7H,8H2,1-2H3,(H3,14,15,17);1H. The maximum atomic E-state index is 5.82. The Labute approximate surface area is 134 Å². The predicted molar refractivity (Wildman–Crippen MR) is 92.4 cm³/mol. The predicted octanol–water partition coefficient (Wildman–Crippen LogP) is 3.30. The molecular formula is C13H17IN4S. The van der Waals surface area contributed by atoms with E-state index in [0.717, 1.165) is 16.4 Å². The lowest BCUT2D eigenvalue weighted by Gasteiger charge is -2.04. The number of nitrogens with zero attached hydrogens (tertiary/aromatic N) is 2. The van der Waals surface area contributed by atoms with E-state index in [1.807, 2.05) is 37.3 Å². The number of nitrogens with one attached hydrogen (secondary N) is 1. The van der Waals surface area contributed by atoms with Gasteiger partial charge < -0.3 is 11.1 Å². The van der Waals surface area contributed by atoms with Gasteiger partial charge in [0.2, 0.25) is 0 Å². The summed E-state index contributed by atoms with van der Waals surface area (Å²) in [5, 5.41) is 4.10. The minimum atomic E-state index is 0. The van der Waals surface area contributed by atoms with Gasteiger partial charge in [0.15, 0.2) is 5.96 Å². The largest absolute Gasteiger partial charge is 0.370 e. The van der Waals surface area contributed by atoms with Crippen molar-refractivity contribution in [1.82, 2.24) is 4.98 Å². The third kappa shape index (κ3) is 4.79. The van der Waals surface area contributed by atoms with Crippen molar-refractivity contribution in [3.05, 3.63) is 45.9 Å². The summed E-state index contributed by atoms with van der Waals surface area (Å²) in [4.78, 5) is 9.91. The average molecular weight is 388 g/mol. The molecular weight excluding hydrogens is 371 g/mol. The highest BCUT2D eigenvalue weighted by atomic mass is 127. The van der Waals surface area contributed by atoms with Gasteiger partial charge >= 0.3 is 0 Å². The summed E-state index contributed by atoms with van der Waals surface area (Å²) in [6.45, 7) is 4.56. The molecule has 102 valence electrons. The van der Waals surface area contributed by atoms with Gasteiger partial charge in [-0.25, -0.2) is 9.98 Å². The number of aliphatic imine (C=N–C) groups is 1. The van der Waals surface area contributed by atoms with Crippen LogP contribution in [0.3, 0.4) is 0 Å². The molecule has 6 heteroatoms. The van der Waals surface area contributed by atoms with Gasteiger partial charge in [0, 0.05) is 10.6 Å². The molecule has 0 unspecified atom stereocenters. The number of rotatable bonds is 3. The molecule has 2 rings (SSSR count). The molecule has 0 atom stereocenters. The molecule has 0 bridgehead atoms. The second-order valence-corrected chi connectivity index (χ2v) is 5.34. The smallest absolute Gasteiger partial charge is 0.193 e. The number of aromatic nitrogens is 1. The number of thiazole rings is 1. The second-order valence-electron chi connectivity index (χ2n) is 3.93. The highest BCUT2D eigenvalue weighted by Gasteiger charge is 2.03. The van der Waals surface area contributed by atoms with E-state index in [2.05, 4.69) is 22.2 Å². The Morgan fingerprint density at radius 1 is 1.32 bits per heavy atom. The van der Waals surface area contributed by atoms with Crippen molar-refractivity contribution in [2.75, 3.05) is 5.32 Å². The first kappa shape index (κ1) is 15.9. The van der Waals surface area contributed by atoms with Crippen molar-refractivity contribution < 1.29 is 0 Å². The van der Waals surface area contributed by atoms with Crippen molar-refractivity contribution in [2.45, 2.75) is 20.4 Å². The Bertz CT molecular complexity index is 551. The molecule has 0 spiro atoms. The Balaban J connectivity index is 0.00000180. The molecule has 0 radical (unpaired) electrons. The number of benzene rings is 1. The van der Waals surface area contributed by atoms with Crippen LogP contribution < -0.4 is 11.1 Å². The zero-order chi connectivity index (χ0) is 13.0. The minimum absolute atomic E-state index is 0. The Morgan fingerprint density at radius 2 is 2.00 bits per heavy atom. The molecule has 1 aromatic heterocycles. The van der Waals surface area contributed by atoms with Crippen LogP contribution in [-0.2, 0) is 6.54 Å². The highest BCUT2D eigenvalue weighted by molar-refractivity contribution is 14.0. The summed E-state index contributed by atoms with van der Waals surface area (Å²) in [7, 11) is 0. The first-order valence-electron chi connectivity index (χ1n) is 5.70. The third-order valence-corrected chi connectivity index (χ3v) is 3.37.